The molecule has 2 aromatic carbocycles. The summed E-state index contributed by atoms with van der Waals surface area (Å²) < 4.78 is 33.4. The minimum absolute atomic E-state index is 0.130. The van der Waals surface area contributed by atoms with Crippen LogP contribution in [-0.4, -0.2) is 39.1 Å². The van der Waals surface area contributed by atoms with Crippen molar-refractivity contribution in [2.24, 2.45) is 5.92 Å². The highest BCUT2D eigenvalue weighted by molar-refractivity contribution is 7.93. The number of hydrogen-bond acceptors (Lipinski definition) is 6. The van der Waals surface area contributed by atoms with Gasteiger partial charge < -0.3 is 10.1 Å². The SMILES string of the molecule is O=C(NCCOCC1CC1)c1sc(NS(=O)(=O)c2ccccc2)nc1-c1ccccc1. The maximum Gasteiger partial charge on any atom is 0.263 e. The summed E-state index contributed by atoms with van der Waals surface area (Å²) in [5, 5.41) is 2.98. The minimum Gasteiger partial charge on any atom is -0.379 e. The van der Waals surface area contributed by atoms with Crippen LogP contribution in [0.3, 0.4) is 0 Å². The van der Waals surface area contributed by atoms with Crippen molar-refractivity contribution in [2.75, 3.05) is 24.5 Å². The summed E-state index contributed by atoms with van der Waals surface area (Å²) in [4.78, 5) is 17.7. The topological polar surface area (TPSA) is 97.4 Å². The number of carbonyl (C=O) groups is 1. The van der Waals surface area contributed by atoms with Gasteiger partial charge in [-0.2, -0.15) is 0 Å². The van der Waals surface area contributed by atoms with Crippen molar-refractivity contribution < 1.29 is 17.9 Å². The van der Waals surface area contributed by atoms with E-state index in [-0.39, 0.29) is 15.9 Å². The van der Waals surface area contributed by atoms with Crippen LogP contribution in [0, 0.1) is 5.92 Å². The molecule has 1 aliphatic rings. The number of carbonyl (C=O) groups excluding carboxylic acids is 1. The normalized spacial score (nSPS) is 13.7. The Kier molecular flexibility index (Phi) is 6.64. The highest BCUT2D eigenvalue weighted by Gasteiger charge is 2.23. The molecule has 0 bridgehead atoms. The van der Waals surface area contributed by atoms with Crippen LogP contribution >= 0.6 is 11.3 Å². The molecular weight excluding hydrogens is 434 g/mol. The van der Waals surface area contributed by atoms with E-state index < -0.39 is 10.0 Å². The molecule has 9 heteroatoms. The lowest BCUT2D eigenvalue weighted by molar-refractivity contribution is 0.0910. The molecule has 7 nitrogen and oxygen atoms in total. The second-order valence-electron chi connectivity index (χ2n) is 7.26. The van der Waals surface area contributed by atoms with Crippen LogP contribution in [-0.2, 0) is 14.8 Å². The van der Waals surface area contributed by atoms with Crippen molar-refractivity contribution in [3.63, 3.8) is 0 Å². The molecule has 1 aliphatic carbocycles. The number of hydrogen-bond donors (Lipinski definition) is 2. The van der Waals surface area contributed by atoms with Crippen LogP contribution in [0.1, 0.15) is 22.5 Å². The zero-order chi connectivity index (χ0) is 21.7. The standard InChI is InChI=1S/C22H23N3O4S2/c26-21(23-13-14-29-15-16-11-12-16)20-19(17-7-3-1-4-8-17)24-22(30-20)25-31(27,28)18-9-5-2-6-10-18/h1-10,16H,11-15H2,(H,23,26)(H,24,25). The molecule has 1 heterocycles. The monoisotopic (exact) mass is 457 g/mol. The Labute approximate surface area is 185 Å². The first-order valence-electron chi connectivity index (χ1n) is 10.0. The Morgan fingerprint density at radius 2 is 1.74 bits per heavy atom. The maximum absolute atomic E-state index is 12.8. The van der Waals surface area contributed by atoms with Crippen molar-refractivity contribution in [1.82, 2.24) is 10.3 Å². The third kappa shape index (κ3) is 5.69. The van der Waals surface area contributed by atoms with Gasteiger partial charge in [0, 0.05) is 18.7 Å². The molecule has 0 radical (unpaired) electrons. The van der Waals surface area contributed by atoms with Gasteiger partial charge in [-0.3, -0.25) is 9.52 Å². The number of aromatic nitrogens is 1. The van der Waals surface area contributed by atoms with E-state index in [2.05, 4.69) is 15.0 Å². The average Bonchev–Trinajstić information content (AvgIpc) is 3.52. The summed E-state index contributed by atoms with van der Waals surface area (Å²) >= 11 is 1.01. The molecule has 0 atom stereocenters. The molecule has 2 N–H and O–H groups in total. The lowest BCUT2D eigenvalue weighted by Gasteiger charge is -2.06. The summed E-state index contributed by atoms with van der Waals surface area (Å²) in [6.45, 7) is 1.55. The van der Waals surface area contributed by atoms with Crippen LogP contribution in [0.5, 0.6) is 0 Å². The highest BCUT2D eigenvalue weighted by atomic mass is 32.2. The van der Waals surface area contributed by atoms with E-state index in [0.29, 0.717) is 29.6 Å². The molecule has 1 aromatic heterocycles. The molecule has 0 unspecified atom stereocenters. The first-order valence-corrected chi connectivity index (χ1v) is 12.3. The number of anilines is 1. The lowest BCUT2D eigenvalue weighted by Crippen LogP contribution is -2.27. The average molecular weight is 458 g/mol. The number of sulfonamides is 1. The summed E-state index contributed by atoms with van der Waals surface area (Å²) in [6, 6.07) is 17.3. The van der Waals surface area contributed by atoms with Gasteiger partial charge in [-0.25, -0.2) is 13.4 Å². The summed E-state index contributed by atoms with van der Waals surface area (Å²) in [6.07, 6.45) is 2.44. The molecule has 4 rings (SSSR count). The largest absolute Gasteiger partial charge is 0.379 e. The van der Waals surface area contributed by atoms with E-state index in [1.54, 1.807) is 18.2 Å². The van der Waals surface area contributed by atoms with Crippen molar-refractivity contribution in [3.05, 3.63) is 65.5 Å². The first kappa shape index (κ1) is 21.5. The van der Waals surface area contributed by atoms with Crippen LogP contribution in [0.4, 0.5) is 5.13 Å². The number of ether oxygens (including phenoxy) is 1. The van der Waals surface area contributed by atoms with Gasteiger partial charge in [0.15, 0.2) is 5.13 Å². The fourth-order valence-electron chi connectivity index (χ4n) is 2.93. The van der Waals surface area contributed by atoms with Gasteiger partial charge in [-0.15, -0.1) is 0 Å². The van der Waals surface area contributed by atoms with Crippen LogP contribution < -0.4 is 10.0 Å². The number of amides is 1. The molecule has 0 spiro atoms. The fourth-order valence-corrected chi connectivity index (χ4v) is 5.09. The Morgan fingerprint density at radius 1 is 1.06 bits per heavy atom. The quantitative estimate of drug-likeness (QED) is 0.452. The fraction of sp³-hybridized carbons (Fsp3) is 0.273. The third-order valence-electron chi connectivity index (χ3n) is 4.74. The zero-order valence-electron chi connectivity index (χ0n) is 16.8. The van der Waals surface area contributed by atoms with E-state index in [4.69, 9.17) is 4.74 Å². The molecule has 3 aromatic rings. The van der Waals surface area contributed by atoms with Gasteiger partial charge >= 0.3 is 0 Å². The van der Waals surface area contributed by atoms with E-state index in [1.165, 1.54) is 25.0 Å². The first-order chi connectivity index (χ1) is 15.0. The summed E-state index contributed by atoms with van der Waals surface area (Å²) in [5.41, 5.74) is 1.17. The van der Waals surface area contributed by atoms with Crippen molar-refractivity contribution in [1.29, 1.82) is 0 Å². The minimum atomic E-state index is -3.81. The van der Waals surface area contributed by atoms with E-state index in [0.717, 1.165) is 23.5 Å². The van der Waals surface area contributed by atoms with Gasteiger partial charge in [-0.05, 0) is 30.9 Å². The molecular formula is C22H23N3O4S2. The van der Waals surface area contributed by atoms with E-state index in [9.17, 15) is 13.2 Å². The van der Waals surface area contributed by atoms with Crippen molar-refractivity contribution in [2.45, 2.75) is 17.7 Å². The predicted octanol–water partition coefficient (Wildman–Crippen LogP) is 3.77. The predicted molar refractivity (Wildman–Crippen MR) is 121 cm³/mol. The molecule has 0 aliphatic heterocycles. The van der Waals surface area contributed by atoms with Gasteiger partial charge in [-0.1, -0.05) is 59.9 Å². The summed E-state index contributed by atoms with van der Waals surface area (Å²) in [5.74, 6) is 0.360. The Bertz CT molecular complexity index is 1130. The Morgan fingerprint density at radius 3 is 2.42 bits per heavy atom. The van der Waals surface area contributed by atoms with E-state index >= 15 is 0 Å². The van der Waals surface area contributed by atoms with Crippen LogP contribution in [0.15, 0.2) is 65.6 Å². The van der Waals surface area contributed by atoms with Gasteiger partial charge in [0.05, 0.1) is 17.2 Å². The Hall–Kier alpha value is -2.75. The highest BCUT2D eigenvalue weighted by Crippen LogP contribution is 2.32. The zero-order valence-corrected chi connectivity index (χ0v) is 18.4. The summed E-state index contributed by atoms with van der Waals surface area (Å²) in [7, 11) is -3.81. The van der Waals surface area contributed by atoms with Crippen molar-refractivity contribution >= 4 is 32.4 Å². The number of nitrogens with zero attached hydrogens (tertiary/aromatic N) is 1. The molecule has 1 saturated carbocycles. The van der Waals surface area contributed by atoms with Gasteiger partial charge in [0.2, 0.25) is 0 Å². The Balaban J connectivity index is 1.52. The van der Waals surface area contributed by atoms with Crippen molar-refractivity contribution in [3.8, 4) is 11.3 Å². The van der Waals surface area contributed by atoms with Crippen LogP contribution in [0.25, 0.3) is 11.3 Å². The second-order valence-corrected chi connectivity index (χ2v) is 9.94. The molecule has 0 saturated heterocycles. The van der Waals surface area contributed by atoms with Gasteiger partial charge in [0.1, 0.15) is 4.88 Å². The molecule has 31 heavy (non-hydrogen) atoms. The second kappa shape index (κ2) is 9.59. The van der Waals surface area contributed by atoms with Gasteiger partial charge in [0.25, 0.3) is 15.9 Å². The molecule has 162 valence electrons. The smallest absolute Gasteiger partial charge is 0.263 e. The molecule has 1 amide bonds. The third-order valence-corrected chi connectivity index (χ3v) is 7.19. The van der Waals surface area contributed by atoms with E-state index in [1.807, 2.05) is 30.3 Å². The number of nitrogens with one attached hydrogen (secondary N) is 2. The van der Waals surface area contributed by atoms with Crippen LogP contribution in [0.2, 0.25) is 0 Å². The molecule has 1 fully saturated rings. The number of benzene rings is 2. The maximum atomic E-state index is 12.8. The lowest BCUT2D eigenvalue weighted by atomic mass is 10.1. The number of thiazole rings is 1. The number of rotatable bonds is 10.